The van der Waals surface area contributed by atoms with Crippen molar-refractivity contribution < 1.29 is 23.8 Å². The smallest absolute Gasteiger partial charge is 0.331 e. The molecule has 0 radical (unpaired) electrons. The fourth-order valence-electron chi connectivity index (χ4n) is 3.24. The molecule has 6 nitrogen and oxygen atoms in total. The van der Waals surface area contributed by atoms with E-state index in [9.17, 15) is 9.59 Å². The van der Waals surface area contributed by atoms with E-state index in [0.29, 0.717) is 30.2 Å². The van der Waals surface area contributed by atoms with Gasteiger partial charge in [-0.05, 0) is 35.4 Å². The third-order valence-corrected chi connectivity index (χ3v) is 4.96. The fourth-order valence-corrected chi connectivity index (χ4v) is 3.24. The second kappa shape index (κ2) is 12.1. The molecule has 3 aromatic rings. The maximum atomic E-state index is 12.9. The van der Waals surface area contributed by atoms with Crippen LogP contribution in [-0.2, 0) is 27.4 Å². The number of rotatable bonds is 10. The average molecular weight is 446 g/mol. The standard InChI is InChI=1S/C27H27NO5/c1-31-24-14-15-25(32-2)23(17-24)13-16-27(30)33-20-26(29)28(18-21-9-5-3-6-10-21)19-22-11-7-4-8-12-22/h3-17H,18-20H2,1-2H3/b16-13+. The second-order valence-electron chi connectivity index (χ2n) is 7.27. The summed E-state index contributed by atoms with van der Waals surface area (Å²) in [4.78, 5) is 26.8. The van der Waals surface area contributed by atoms with E-state index in [1.54, 1.807) is 43.4 Å². The first-order valence-corrected chi connectivity index (χ1v) is 10.5. The van der Waals surface area contributed by atoms with E-state index in [2.05, 4.69) is 0 Å². The van der Waals surface area contributed by atoms with E-state index in [1.807, 2.05) is 60.7 Å². The normalized spacial score (nSPS) is 10.6. The van der Waals surface area contributed by atoms with Gasteiger partial charge in [0.1, 0.15) is 11.5 Å². The minimum atomic E-state index is -0.618. The number of ether oxygens (including phenoxy) is 3. The van der Waals surface area contributed by atoms with Crippen LogP contribution in [0, 0.1) is 0 Å². The highest BCUT2D eigenvalue weighted by Gasteiger charge is 2.16. The first-order valence-electron chi connectivity index (χ1n) is 10.5. The summed E-state index contributed by atoms with van der Waals surface area (Å²) in [5.41, 5.74) is 2.66. The van der Waals surface area contributed by atoms with Crippen molar-refractivity contribution in [3.63, 3.8) is 0 Å². The number of carbonyl (C=O) groups excluding carboxylic acids is 2. The van der Waals surface area contributed by atoms with Gasteiger partial charge in [0.25, 0.3) is 5.91 Å². The number of amides is 1. The molecule has 33 heavy (non-hydrogen) atoms. The van der Waals surface area contributed by atoms with Crippen molar-refractivity contribution >= 4 is 18.0 Å². The highest BCUT2D eigenvalue weighted by molar-refractivity contribution is 5.89. The SMILES string of the molecule is COc1ccc(OC)c(/C=C/C(=O)OCC(=O)N(Cc2ccccc2)Cc2ccccc2)c1. The van der Waals surface area contributed by atoms with E-state index in [-0.39, 0.29) is 12.5 Å². The third-order valence-electron chi connectivity index (χ3n) is 4.96. The fraction of sp³-hybridized carbons (Fsp3) is 0.185. The predicted molar refractivity (Wildman–Crippen MR) is 127 cm³/mol. The molecule has 0 heterocycles. The Morgan fingerprint density at radius 1 is 0.818 bits per heavy atom. The van der Waals surface area contributed by atoms with Gasteiger partial charge >= 0.3 is 5.97 Å². The molecule has 0 atom stereocenters. The van der Waals surface area contributed by atoms with Crippen LogP contribution in [0.1, 0.15) is 16.7 Å². The summed E-state index contributed by atoms with van der Waals surface area (Å²) in [6, 6.07) is 24.7. The van der Waals surface area contributed by atoms with Crippen LogP contribution >= 0.6 is 0 Å². The monoisotopic (exact) mass is 445 g/mol. The molecule has 0 saturated heterocycles. The summed E-state index contributed by atoms with van der Waals surface area (Å²) in [6.45, 7) is 0.490. The van der Waals surface area contributed by atoms with Crippen molar-refractivity contribution in [3.05, 3.63) is 102 Å². The van der Waals surface area contributed by atoms with E-state index >= 15 is 0 Å². The van der Waals surface area contributed by atoms with Crippen molar-refractivity contribution in [1.82, 2.24) is 4.90 Å². The molecule has 0 aromatic heterocycles. The van der Waals surface area contributed by atoms with Crippen LogP contribution in [-0.4, -0.2) is 37.6 Å². The maximum Gasteiger partial charge on any atom is 0.331 e. The number of carbonyl (C=O) groups is 2. The van der Waals surface area contributed by atoms with Crippen molar-refractivity contribution in [2.24, 2.45) is 0 Å². The minimum absolute atomic E-state index is 0.275. The highest BCUT2D eigenvalue weighted by Crippen LogP contribution is 2.25. The summed E-state index contributed by atoms with van der Waals surface area (Å²) in [5.74, 6) is 0.334. The van der Waals surface area contributed by atoms with Crippen LogP contribution in [0.5, 0.6) is 11.5 Å². The molecule has 0 spiro atoms. The summed E-state index contributed by atoms with van der Waals surface area (Å²) in [6.07, 6.45) is 2.84. The van der Waals surface area contributed by atoms with Crippen LogP contribution in [0.15, 0.2) is 84.9 Å². The molecule has 0 aliphatic carbocycles. The number of nitrogens with zero attached hydrogens (tertiary/aromatic N) is 1. The van der Waals surface area contributed by atoms with Gasteiger partial charge in [0, 0.05) is 24.7 Å². The molecule has 6 heteroatoms. The molecule has 0 fully saturated rings. The van der Waals surface area contributed by atoms with Crippen LogP contribution in [0.3, 0.4) is 0 Å². The lowest BCUT2D eigenvalue weighted by atomic mass is 10.1. The number of hydrogen-bond donors (Lipinski definition) is 0. The van der Waals surface area contributed by atoms with E-state index < -0.39 is 5.97 Å². The lowest BCUT2D eigenvalue weighted by Gasteiger charge is -2.23. The minimum Gasteiger partial charge on any atom is -0.497 e. The molecule has 0 unspecified atom stereocenters. The Labute approximate surface area is 194 Å². The molecule has 3 rings (SSSR count). The number of hydrogen-bond acceptors (Lipinski definition) is 5. The van der Waals surface area contributed by atoms with Gasteiger partial charge in [-0.15, -0.1) is 0 Å². The molecule has 0 aliphatic heterocycles. The van der Waals surface area contributed by atoms with Gasteiger partial charge in [-0.3, -0.25) is 4.79 Å². The first-order chi connectivity index (χ1) is 16.1. The average Bonchev–Trinajstić information content (AvgIpc) is 2.86. The highest BCUT2D eigenvalue weighted by atomic mass is 16.5. The summed E-state index contributed by atoms with van der Waals surface area (Å²) in [7, 11) is 3.11. The summed E-state index contributed by atoms with van der Waals surface area (Å²) in [5, 5.41) is 0. The van der Waals surface area contributed by atoms with Crippen molar-refractivity contribution in [2.75, 3.05) is 20.8 Å². The van der Waals surface area contributed by atoms with Gasteiger partial charge in [0.05, 0.1) is 14.2 Å². The van der Waals surface area contributed by atoms with E-state index in [4.69, 9.17) is 14.2 Å². The Hall–Kier alpha value is -4.06. The number of methoxy groups -OCH3 is 2. The van der Waals surface area contributed by atoms with Gasteiger partial charge < -0.3 is 19.1 Å². The first kappa shape index (κ1) is 23.6. The Bertz CT molecular complexity index is 1040. The van der Waals surface area contributed by atoms with Crippen molar-refractivity contribution in [1.29, 1.82) is 0 Å². The molecule has 0 aliphatic rings. The van der Waals surface area contributed by atoms with Crippen molar-refractivity contribution in [2.45, 2.75) is 13.1 Å². The van der Waals surface area contributed by atoms with E-state index in [1.165, 1.54) is 6.08 Å². The molecular formula is C27H27NO5. The molecule has 0 bridgehead atoms. The number of benzene rings is 3. The molecular weight excluding hydrogens is 418 g/mol. The lowest BCUT2D eigenvalue weighted by molar-refractivity contribution is -0.148. The van der Waals surface area contributed by atoms with Gasteiger partial charge in [-0.25, -0.2) is 4.79 Å². The third kappa shape index (κ3) is 7.25. The van der Waals surface area contributed by atoms with Gasteiger partial charge in [0.2, 0.25) is 0 Å². The van der Waals surface area contributed by atoms with Crippen molar-refractivity contribution in [3.8, 4) is 11.5 Å². The van der Waals surface area contributed by atoms with Crippen LogP contribution < -0.4 is 9.47 Å². The quantitative estimate of drug-likeness (QED) is 0.340. The second-order valence-corrected chi connectivity index (χ2v) is 7.27. The zero-order valence-electron chi connectivity index (χ0n) is 18.8. The zero-order valence-corrected chi connectivity index (χ0v) is 18.8. The number of esters is 1. The van der Waals surface area contributed by atoms with Gasteiger partial charge in [-0.1, -0.05) is 60.7 Å². The Balaban J connectivity index is 1.64. The molecule has 170 valence electrons. The lowest BCUT2D eigenvalue weighted by Crippen LogP contribution is -2.33. The molecule has 3 aromatic carbocycles. The molecule has 0 N–H and O–H groups in total. The summed E-state index contributed by atoms with van der Waals surface area (Å²) >= 11 is 0. The van der Waals surface area contributed by atoms with Crippen LogP contribution in [0.4, 0.5) is 0 Å². The Morgan fingerprint density at radius 3 is 1.97 bits per heavy atom. The van der Waals surface area contributed by atoms with E-state index in [0.717, 1.165) is 11.1 Å². The van der Waals surface area contributed by atoms with Crippen LogP contribution in [0.2, 0.25) is 0 Å². The summed E-state index contributed by atoms with van der Waals surface area (Å²) < 4.78 is 15.7. The Kier molecular flexibility index (Phi) is 8.65. The van der Waals surface area contributed by atoms with Gasteiger partial charge in [-0.2, -0.15) is 0 Å². The maximum absolute atomic E-state index is 12.9. The largest absolute Gasteiger partial charge is 0.497 e. The van der Waals surface area contributed by atoms with Crippen LogP contribution in [0.25, 0.3) is 6.08 Å². The topological polar surface area (TPSA) is 65.1 Å². The molecule has 0 saturated carbocycles. The van der Waals surface area contributed by atoms with Gasteiger partial charge in [0.15, 0.2) is 6.61 Å². The molecule has 1 amide bonds. The predicted octanol–water partition coefficient (Wildman–Crippen LogP) is 4.49. The zero-order chi connectivity index (χ0) is 23.5. The Morgan fingerprint density at radius 2 is 1.42 bits per heavy atom.